The zero-order valence-electron chi connectivity index (χ0n) is 11.4. The van der Waals surface area contributed by atoms with Crippen LogP contribution in [0.25, 0.3) is 10.9 Å². The minimum absolute atomic E-state index is 0.0709. The molecule has 100 valence electrons. The number of benzene rings is 1. The number of fused-ring (bicyclic) bond motifs is 1. The topological polar surface area (TPSA) is 34.0 Å². The van der Waals surface area contributed by atoms with E-state index in [1.807, 2.05) is 30.5 Å². The quantitative estimate of drug-likeness (QED) is 0.636. The molecule has 0 aliphatic carbocycles. The molecule has 2 rings (SSSR count). The van der Waals surface area contributed by atoms with Gasteiger partial charge in [-0.2, -0.15) is 0 Å². The van der Waals surface area contributed by atoms with Gasteiger partial charge in [0.1, 0.15) is 0 Å². The molecular weight excluding hydrogens is 236 g/mol. The van der Waals surface area contributed by atoms with Crippen LogP contribution in [0.5, 0.6) is 0 Å². The lowest BCUT2D eigenvalue weighted by Crippen LogP contribution is -2.20. The molecule has 0 bridgehead atoms. The van der Waals surface area contributed by atoms with Crippen molar-refractivity contribution in [2.45, 2.75) is 19.9 Å². The van der Waals surface area contributed by atoms with Gasteiger partial charge in [0.2, 0.25) is 0 Å². The fourth-order valence-electron chi connectivity index (χ4n) is 2.14. The maximum Gasteiger partial charge on any atom is 0.189 e. The van der Waals surface area contributed by atoms with Gasteiger partial charge in [-0.05, 0) is 30.7 Å². The van der Waals surface area contributed by atoms with E-state index in [-0.39, 0.29) is 5.43 Å². The summed E-state index contributed by atoms with van der Waals surface area (Å²) in [5, 5.41) is 4.10. The highest BCUT2D eigenvalue weighted by Crippen LogP contribution is 2.10. The summed E-state index contributed by atoms with van der Waals surface area (Å²) < 4.78 is 2.08. The lowest BCUT2D eigenvalue weighted by Gasteiger charge is -2.13. The van der Waals surface area contributed by atoms with E-state index < -0.39 is 0 Å². The Morgan fingerprint density at radius 2 is 2.11 bits per heavy atom. The summed E-state index contributed by atoms with van der Waals surface area (Å²) in [6.07, 6.45) is 2.96. The minimum Gasteiger partial charge on any atom is -0.343 e. The van der Waals surface area contributed by atoms with Crippen molar-refractivity contribution in [1.82, 2.24) is 9.88 Å². The number of nitrogens with zero attached hydrogens (tertiary/aromatic N) is 1. The van der Waals surface area contributed by atoms with Gasteiger partial charge in [0, 0.05) is 30.7 Å². The average molecular weight is 256 g/mol. The minimum atomic E-state index is 0.0709. The van der Waals surface area contributed by atoms with E-state index >= 15 is 0 Å². The van der Waals surface area contributed by atoms with Gasteiger partial charge in [-0.25, -0.2) is 0 Å². The number of hydrogen-bond donors (Lipinski definition) is 1. The molecule has 3 nitrogen and oxygen atoms in total. The Kier molecular flexibility index (Phi) is 4.53. The first-order valence-corrected chi connectivity index (χ1v) is 6.68. The smallest absolute Gasteiger partial charge is 0.189 e. The molecular formula is C16H20N2O. The molecule has 0 fully saturated rings. The molecule has 0 unspecified atom stereocenters. The molecule has 1 aromatic carbocycles. The second-order valence-electron chi connectivity index (χ2n) is 4.75. The zero-order valence-corrected chi connectivity index (χ0v) is 11.4. The number of pyridine rings is 1. The highest BCUT2D eigenvalue weighted by molar-refractivity contribution is 5.78. The molecule has 1 N–H and O–H groups in total. The van der Waals surface area contributed by atoms with E-state index in [2.05, 4.69) is 23.4 Å². The first-order chi connectivity index (χ1) is 9.22. The number of rotatable bonds is 6. The maximum absolute atomic E-state index is 11.8. The van der Waals surface area contributed by atoms with Gasteiger partial charge in [-0.15, -0.1) is 0 Å². The third kappa shape index (κ3) is 3.32. The van der Waals surface area contributed by atoms with Crippen LogP contribution in [0.2, 0.25) is 0 Å². The molecule has 3 heteroatoms. The summed E-state index contributed by atoms with van der Waals surface area (Å²) in [5.41, 5.74) is 2.15. The Balaban J connectivity index is 2.19. The fraction of sp³-hybridized carbons (Fsp3) is 0.312. The maximum atomic E-state index is 11.8. The summed E-state index contributed by atoms with van der Waals surface area (Å²) in [6, 6.07) is 9.31. The van der Waals surface area contributed by atoms with Gasteiger partial charge in [-0.1, -0.05) is 25.6 Å². The van der Waals surface area contributed by atoms with Crippen LogP contribution >= 0.6 is 0 Å². The van der Waals surface area contributed by atoms with Crippen molar-refractivity contribution in [2.75, 3.05) is 13.1 Å². The summed E-state index contributed by atoms with van der Waals surface area (Å²) in [4.78, 5) is 11.8. The van der Waals surface area contributed by atoms with E-state index in [0.29, 0.717) is 0 Å². The molecule has 0 saturated carbocycles. The summed E-state index contributed by atoms with van der Waals surface area (Å²) >= 11 is 0. The summed E-state index contributed by atoms with van der Waals surface area (Å²) in [7, 11) is 0. The largest absolute Gasteiger partial charge is 0.343 e. The number of para-hydroxylation sites is 1. The lowest BCUT2D eigenvalue weighted by molar-refractivity contribution is 0.680. The van der Waals surface area contributed by atoms with Crippen molar-refractivity contribution < 1.29 is 0 Å². The Hall–Kier alpha value is -1.87. The van der Waals surface area contributed by atoms with Crippen molar-refractivity contribution in [3.8, 4) is 0 Å². The molecule has 2 aromatic rings. The Labute approximate surface area is 113 Å². The molecule has 0 atom stereocenters. The first-order valence-electron chi connectivity index (χ1n) is 6.68. The predicted octanol–water partition coefficient (Wildman–Crippen LogP) is 2.56. The van der Waals surface area contributed by atoms with Crippen molar-refractivity contribution in [3.05, 3.63) is 58.9 Å². The predicted molar refractivity (Wildman–Crippen MR) is 80.5 cm³/mol. The van der Waals surface area contributed by atoms with Gasteiger partial charge in [0.15, 0.2) is 5.43 Å². The molecule has 1 aromatic heterocycles. The van der Waals surface area contributed by atoms with Gasteiger partial charge < -0.3 is 9.88 Å². The van der Waals surface area contributed by atoms with Crippen LogP contribution in [0, 0.1) is 0 Å². The van der Waals surface area contributed by atoms with Crippen LogP contribution in [-0.2, 0) is 6.54 Å². The van der Waals surface area contributed by atoms with Crippen molar-refractivity contribution in [3.63, 3.8) is 0 Å². The van der Waals surface area contributed by atoms with E-state index in [1.165, 1.54) is 0 Å². The first kappa shape index (κ1) is 13.6. The van der Waals surface area contributed by atoms with Crippen molar-refractivity contribution >= 4 is 10.9 Å². The summed E-state index contributed by atoms with van der Waals surface area (Å²) in [5.74, 6) is 0. The van der Waals surface area contributed by atoms with Crippen LogP contribution in [0.15, 0.2) is 53.5 Å². The third-order valence-electron chi connectivity index (χ3n) is 3.08. The lowest BCUT2D eigenvalue weighted by atomic mass is 10.2. The third-order valence-corrected chi connectivity index (χ3v) is 3.08. The standard InChI is InChI=1S/C16H20N2O/c1-3-9-17-11-13(2)12-18-10-8-16(19)14-6-4-5-7-15(14)18/h4-8,10,17H,2-3,9,11-12H2,1H3. The summed E-state index contributed by atoms with van der Waals surface area (Å²) in [6.45, 7) is 8.78. The Morgan fingerprint density at radius 3 is 2.89 bits per heavy atom. The Bertz CT molecular complexity index is 628. The fourth-order valence-corrected chi connectivity index (χ4v) is 2.14. The zero-order chi connectivity index (χ0) is 13.7. The average Bonchev–Trinajstić information content (AvgIpc) is 2.43. The second-order valence-corrected chi connectivity index (χ2v) is 4.75. The monoisotopic (exact) mass is 256 g/mol. The highest BCUT2D eigenvalue weighted by Gasteiger charge is 2.03. The molecule has 0 aliphatic heterocycles. The molecule has 0 saturated heterocycles. The van der Waals surface area contributed by atoms with E-state index in [4.69, 9.17) is 0 Å². The van der Waals surface area contributed by atoms with Crippen LogP contribution in [0.1, 0.15) is 13.3 Å². The van der Waals surface area contributed by atoms with Gasteiger partial charge in [0.05, 0.1) is 5.52 Å². The Morgan fingerprint density at radius 1 is 1.32 bits per heavy atom. The van der Waals surface area contributed by atoms with Crippen LogP contribution in [-0.4, -0.2) is 17.7 Å². The molecule has 0 amide bonds. The van der Waals surface area contributed by atoms with E-state index in [9.17, 15) is 4.79 Å². The molecule has 1 heterocycles. The van der Waals surface area contributed by atoms with E-state index in [0.717, 1.165) is 42.5 Å². The molecule has 0 radical (unpaired) electrons. The van der Waals surface area contributed by atoms with Crippen molar-refractivity contribution in [2.24, 2.45) is 0 Å². The van der Waals surface area contributed by atoms with Gasteiger partial charge in [0.25, 0.3) is 0 Å². The van der Waals surface area contributed by atoms with Crippen LogP contribution in [0.3, 0.4) is 0 Å². The molecule has 0 spiro atoms. The normalized spacial score (nSPS) is 10.8. The van der Waals surface area contributed by atoms with Crippen LogP contribution in [0.4, 0.5) is 0 Å². The molecule has 19 heavy (non-hydrogen) atoms. The second kappa shape index (κ2) is 6.34. The van der Waals surface area contributed by atoms with Gasteiger partial charge in [-0.3, -0.25) is 4.79 Å². The SMILES string of the molecule is C=C(CNCCC)Cn1ccc(=O)c2ccccc21. The highest BCUT2D eigenvalue weighted by atomic mass is 16.1. The van der Waals surface area contributed by atoms with Crippen molar-refractivity contribution in [1.29, 1.82) is 0 Å². The van der Waals surface area contributed by atoms with Crippen LogP contribution < -0.4 is 10.7 Å². The number of hydrogen-bond acceptors (Lipinski definition) is 2. The van der Waals surface area contributed by atoms with E-state index in [1.54, 1.807) is 6.07 Å². The molecule has 0 aliphatic rings. The van der Waals surface area contributed by atoms with Gasteiger partial charge >= 0.3 is 0 Å². The number of aromatic nitrogens is 1. The number of nitrogens with one attached hydrogen (secondary N) is 1.